The van der Waals surface area contributed by atoms with Crippen LogP contribution in [0.15, 0.2) is 48.5 Å². The van der Waals surface area contributed by atoms with E-state index in [4.69, 9.17) is 4.74 Å². The zero-order valence-corrected chi connectivity index (χ0v) is 19.6. The SMILES string of the molecule is COc1ccc2[nH]c3c(c2c1)CC1(C)C(=O)N(CCCN(C)C)C(=O)N1C3c1ccccc1. The molecule has 0 spiro atoms. The molecule has 0 radical (unpaired) electrons. The second-order valence-corrected chi connectivity index (χ2v) is 9.46. The van der Waals surface area contributed by atoms with Gasteiger partial charge < -0.3 is 14.6 Å². The number of hydrogen-bond donors (Lipinski definition) is 1. The minimum atomic E-state index is -0.944. The van der Waals surface area contributed by atoms with Gasteiger partial charge in [0.1, 0.15) is 17.3 Å². The molecule has 1 fully saturated rings. The highest BCUT2D eigenvalue weighted by atomic mass is 16.5. The number of carbonyl (C=O) groups is 2. The van der Waals surface area contributed by atoms with Gasteiger partial charge in [-0.3, -0.25) is 14.6 Å². The lowest BCUT2D eigenvalue weighted by Gasteiger charge is -2.42. The van der Waals surface area contributed by atoms with Crippen LogP contribution in [0.5, 0.6) is 5.75 Å². The number of hydrogen-bond acceptors (Lipinski definition) is 4. The third kappa shape index (κ3) is 3.30. The molecular formula is C26H30N4O3. The van der Waals surface area contributed by atoms with E-state index >= 15 is 0 Å². The van der Waals surface area contributed by atoms with Gasteiger partial charge >= 0.3 is 6.03 Å². The summed E-state index contributed by atoms with van der Waals surface area (Å²) < 4.78 is 5.47. The molecule has 33 heavy (non-hydrogen) atoms. The van der Waals surface area contributed by atoms with Crippen molar-refractivity contribution in [3.05, 3.63) is 65.4 Å². The number of carbonyl (C=O) groups excluding carboxylic acids is 2. The van der Waals surface area contributed by atoms with Gasteiger partial charge in [0.15, 0.2) is 0 Å². The molecule has 2 aromatic carbocycles. The minimum absolute atomic E-state index is 0.116. The average Bonchev–Trinajstić information content (AvgIpc) is 3.25. The van der Waals surface area contributed by atoms with E-state index in [-0.39, 0.29) is 18.0 Å². The Morgan fingerprint density at radius 1 is 1.15 bits per heavy atom. The van der Waals surface area contributed by atoms with Crippen LogP contribution in [0.1, 0.15) is 36.2 Å². The number of benzene rings is 2. The minimum Gasteiger partial charge on any atom is -0.497 e. The van der Waals surface area contributed by atoms with Crippen molar-refractivity contribution in [1.29, 1.82) is 0 Å². The van der Waals surface area contributed by atoms with Crippen LogP contribution >= 0.6 is 0 Å². The number of imide groups is 1. The molecule has 1 N–H and O–H groups in total. The Hall–Kier alpha value is -3.32. The molecule has 5 rings (SSSR count). The van der Waals surface area contributed by atoms with Crippen LogP contribution in [-0.4, -0.2) is 71.5 Å². The Kier molecular flexibility index (Phi) is 5.16. The van der Waals surface area contributed by atoms with Crippen molar-refractivity contribution in [1.82, 2.24) is 19.7 Å². The number of aromatic nitrogens is 1. The molecule has 0 bridgehead atoms. The molecule has 172 valence electrons. The van der Waals surface area contributed by atoms with Crippen LogP contribution in [0.25, 0.3) is 10.9 Å². The maximum atomic E-state index is 13.7. The highest BCUT2D eigenvalue weighted by molar-refractivity contribution is 6.08. The summed E-state index contributed by atoms with van der Waals surface area (Å²) >= 11 is 0. The summed E-state index contributed by atoms with van der Waals surface area (Å²) in [5, 5.41) is 1.04. The molecule has 2 aliphatic rings. The maximum Gasteiger partial charge on any atom is 0.328 e. The summed E-state index contributed by atoms with van der Waals surface area (Å²) in [7, 11) is 5.64. The van der Waals surface area contributed by atoms with Crippen LogP contribution in [0, 0.1) is 0 Å². The fraction of sp³-hybridized carbons (Fsp3) is 0.385. The third-order valence-corrected chi connectivity index (χ3v) is 6.98. The molecule has 3 heterocycles. The van der Waals surface area contributed by atoms with Crippen molar-refractivity contribution >= 4 is 22.8 Å². The molecule has 3 aromatic rings. The molecule has 3 amide bonds. The summed E-state index contributed by atoms with van der Waals surface area (Å²) in [6, 6.07) is 15.3. The maximum absolute atomic E-state index is 13.7. The van der Waals surface area contributed by atoms with E-state index in [1.54, 1.807) is 12.0 Å². The van der Waals surface area contributed by atoms with Crippen molar-refractivity contribution in [2.45, 2.75) is 31.3 Å². The summed E-state index contributed by atoms with van der Waals surface area (Å²) in [6.07, 6.45) is 1.21. The van der Waals surface area contributed by atoms with Gasteiger partial charge in [-0.05, 0) is 63.3 Å². The number of fused-ring (bicyclic) bond motifs is 4. The van der Waals surface area contributed by atoms with E-state index in [1.165, 1.54) is 4.90 Å². The van der Waals surface area contributed by atoms with E-state index in [0.29, 0.717) is 13.0 Å². The number of methoxy groups -OCH3 is 1. The standard InChI is InChI=1S/C26H30N4O3/c1-26-16-20-19-15-18(33-4)11-12-21(19)27-22(20)23(17-9-6-5-7-10-17)30(26)25(32)29(24(26)31)14-8-13-28(2)3/h5-7,9-12,15,23,27H,8,13-14,16H2,1-4H3. The van der Waals surface area contributed by atoms with Gasteiger partial charge in [-0.25, -0.2) is 4.79 Å². The molecule has 2 atom stereocenters. The van der Waals surface area contributed by atoms with E-state index < -0.39 is 5.54 Å². The van der Waals surface area contributed by atoms with E-state index in [9.17, 15) is 9.59 Å². The Bertz CT molecular complexity index is 1220. The lowest BCUT2D eigenvalue weighted by molar-refractivity contribution is -0.133. The Morgan fingerprint density at radius 2 is 1.91 bits per heavy atom. The predicted molar refractivity (Wildman–Crippen MR) is 127 cm³/mol. The van der Waals surface area contributed by atoms with Crippen LogP contribution in [0.4, 0.5) is 4.79 Å². The molecule has 2 unspecified atom stereocenters. The van der Waals surface area contributed by atoms with E-state index in [2.05, 4.69) is 9.88 Å². The first-order chi connectivity index (χ1) is 15.8. The monoisotopic (exact) mass is 446 g/mol. The van der Waals surface area contributed by atoms with Crippen LogP contribution in [0.3, 0.4) is 0 Å². The number of rotatable bonds is 6. The molecule has 2 aliphatic heterocycles. The van der Waals surface area contributed by atoms with Crippen molar-refractivity contribution in [2.75, 3.05) is 34.3 Å². The molecular weight excluding hydrogens is 416 g/mol. The number of aromatic amines is 1. The van der Waals surface area contributed by atoms with Gasteiger partial charge in [0.2, 0.25) is 0 Å². The van der Waals surface area contributed by atoms with Crippen molar-refractivity contribution in [3.63, 3.8) is 0 Å². The third-order valence-electron chi connectivity index (χ3n) is 6.98. The first-order valence-corrected chi connectivity index (χ1v) is 11.4. The second-order valence-electron chi connectivity index (χ2n) is 9.46. The quantitative estimate of drug-likeness (QED) is 0.585. The number of H-pyrrole nitrogens is 1. The Labute approximate surface area is 193 Å². The lowest BCUT2D eigenvalue weighted by Crippen LogP contribution is -2.53. The number of amides is 3. The van der Waals surface area contributed by atoms with Crippen molar-refractivity contribution < 1.29 is 14.3 Å². The van der Waals surface area contributed by atoms with Crippen molar-refractivity contribution in [3.8, 4) is 5.75 Å². The average molecular weight is 447 g/mol. The molecule has 0 aliphatic carbocycles. The van der Waals surface area contributed by atoms with Gasteiger partial charge in [0.25, 0.3) is 5.91 Å². The smallest absolute Gasteiger partial charge is 0.328 e. The fourth-order valence-electron chi connectivity index (χ4n) is 5.34. The number of nitrogens with zero attached hydrogens (tertiary/aromatic N) is 3. The highest BCUT2D eigenvalue weighted by Crippen LogP contribution is 2.48. The molecule has 0 saturated carbocycles. The van der Waals surface area contributed by atoms with Gasteiger partial charge in [0, 0.05) is 29.6 Å². The van der Waals surface area contributed by atoms with Crippen LogP contribution in [-0.2, 0) is 11.2 Å². The lowest BCUT2D eigenvalue weighted by atomic mass is 9.81. The van der Waals surface area contributed by atoms with Gasteiger partial charge in [-0.1, -0.05) is 30.3 Å². The van der Waals surface area contributed by atoms with Gasteiger partial charge in [-0.15, -0.1) is 0 Å². The van der Waals surface area contributed by atoms with Crippen LogP contribution < -0.4 is 4.74 Å². The molecule has 7 heteroatoms. The Morgan fingerprint density at radius 3 is 2.61 bits per heavy atom. The van der Waals surface area contributed by atoms with Gasteiger partial charge in [-0.2, -0.15) is 0 Å². The predicted octanol–water partition coefficient (Wildman–Crippen LogP) is 3.80. The normalized spacial score (nSPS) is 22.3. The van der Waals surface area contributed by atoms with Crippen LogP contribution in [0.2, 0.25) is 0 Å². The summed E-state index contributed by atoms with van der Waals surface area (Å²) in [6.45, 7) is 3.16. The number of nitrogens with one attached hydrogen (secondary N) is 1. The largest absolute Gasteiger partial charge is 0.497 e. The first kappa shape index (κ1) is 21.5. The van der Waals surface area contributed by atoms with Gasteiger partial charge in [0.05, 0.1) is 7.11 Å². The topological polar surface area (TPSA) is 68.9 Å². The van der Waals surface area contributed by atoms with Crippen molar-refractivity contribution in [2.24, 2.45) is 0 Å². The molecule has 1 aromatic heterocycles. The molecule has 7 nitrogen and oxygen atoms in total. The zero-order chi connectivity index (χ0) is 23.3. The summed E-state index contributed by atoms with van der Waals surface area (Å²) in [4.78, 5) is 36.3. The highest BCUT2D eigenvalue weighted by Gasteiger charge is 2.59. The Balaban J connectivity index is 1.65. The number of urea groups is 1. The second kappa shape index (κ2) is 7.92. The summed E-state index contributed by atoms with van der Waals surface area (Å²) in [5.41, 5.74) is 3.07. The summed E-state index contributed by atoms with van der Waals surface area (Å²) in [5.74, 6) is 0.655. The first-order valence-electron chi connectivity index (χ1n) is 11.4. The van der Waals surface area contributed by atoms with E-state index in [1.807, 2.05) is 69.6 Å². The molecule has 1 saturated heterocycles. The van der Waals surface area contributed by atoms with E-state index in [0.717, 1.165) is 46.4 Å². The zero-order valence-electron chi connectivity index (χ0n) is 19.6. The fourth-order valence-corrected chi connectivity index (χ4v) is 5.34. The number of ether oxygens (including phenoxy) is 1.